The van der Waals surface area contributed by atoms with E-state index in [9.17, 15) is 0 Å². The van der Waals surface area contributed by atoms with Gasteiger partial charge in [-0.15, -0.1) is 0 Å². The van der Waals surface area contributed by atoms with Crippen LogP contribution in [0.1, 0.15) is 63.9 Å². The number of benzene rings is 1. The lowest BCUT2D eigenvalue weighted by molar-refractivity contribution is 0.127. The summed E-state index contributed by atoms with van der Waals surface area (Å²) >= 11 is 0. The Bertz CT molecular complexity index is 281. The van der Waals surface area contributed by atoms with Crippen molar-refractivity contribution in [1.82, 2.24) is 0 Å². The van der Waals surface area contributed by atoms with E-state index in [1.807, 2.05) is 0 Å². The number of aryl methyl sites for hydroxylation is 1. The summed E-state index contributed by atoms with van der Waals surface area (Å²) in [6.45, 7) is 4.12. The van der Waals surface area contributed by atoms with Crippen LogP contribution in [0, 0.1) is 0 Å². The molecule has 1 heteroatoms. The van der Waals surface area contributed by atoms with Crippen molar-refractivity contribution in [3.63, 3.8) is 0 Å². The van der Waals surface area contributed by atoms with Crippen molar-refractivity contribution < 1.29 is 4.74 Å². The Hall–Kier alpha value is -0.820. The highest BCUT2D eigenvalue weighted by Gasteiger charge is 1.94. The number of hydrogen-bond acceptors (Lipinski definition) is 1. The summed E-state index contributed by atoms with van der Waals surface area (Å²) in [7, 11) is 0. The van der Waals surface area contributed by atoms with Gasteiger partial charge >= 0.3 is 0 Å². The molecule has 0 bridgehead atoms. The molecular formula is C18H30O. The van der Waals surface area contributed by atoms with Crippen molar-refractivity contribution in [1.29, 1.82) is 0 Å². The van der Waals surface area contributed by atoms with E-state index < -0.39 is 0 Å². The third-order valence-corrected chi connectivity index (χ3v) is 3.49. The molecule has 0 N–H and O–H groups in total. The molecule has 1 rings (SSSR count). The van der Waals surface area contributed by atoms with E-state index in [2.05, 4.69) is 37.3 Å². The molecule has 19 heavy (non-hydrogen) atoms. The van der Waals surface area contributed by atoms with E-state index in [1.165, 1.54) is 63.4 Å². The van der Waals surface area contributed by atoms with Gasteiger partial charge in [-0.2, -0.15) is 0 Å². The average Bonchev–Trinajstić information content (AvgIpc) is 2.46. The van der Waals surface area contributed by atoms with Crippen LogP contribution < -0.4 is 0 Å². The van der Waals surface area contributed by atoms with Crippen LogP contribution in [0.15, 0.2) is 30.3 Å². The fourth-order valence-corrected chi connectivity index (χ4v) is 2.23. The highest BCUT2D eigenvalue weighted by molar-refractivity contribution is 5.14. The molecule has 1 aromatic carbocycles. The molecule has 0 atom stereocenters. The Labute approximate surface area is 119 Å². The van der Waals surface area contributed by atoms with Gasteiger partial charge in [0.15, 0.2) is 0 Å². The molecule has 0 aliphatic carbocycles. The Morgan fingerprint density at radius 3 is 2.11 bits per heavy atom. The third-order valence-electron chi connectivity index (χ3n) is 3.49. The zero-order valence-electron chi connectivity index (χ0n) is 12.6. The smallest absolute Gasteiger partial charge is 0.0466 e. The number of ether oxygens (including phenoxy) is 1. The van der Waals surface area contributed by atoms with Crippen LogP contribution in [0.5, 0.6) is 0 Å². The molecule has 0 radical (unpaired) electrons. The van der Waals surface area contributed by atoms with Gasteiger partial charge < -0.3 is 4.74 Å². The van der Waals surface area contributed by atoms with E-state index in [0.29, 0.717) is 0 Å². The van der Waals surface area contributed by atoms with Gasteiger partial charge in [0.25, 0.3) is 0 Å². The number of unbranched alkanes of at least 4 members (excludes halogenated alkanes) is 6. The summed E-state index contributed by atoms with van der Waals surface area (Å²) in [6, 6.07) is 10.8. The largest absolute Gasteiger partial charge is 0.381 e. The molecule has 0 saturated heterocycles. The topological polar surface area (TPSA) is 9.23 Å². The lowest BCUT2D eigenvalue weighted by atomic mass is 10.1. The molecule has 0 heterocycles. The second kappa shape index (κ2) is 12.2. The van der Waals surface area contributed by atoms with Gasteiger partial charge in [-0.1, -0.05) is 69.4 Å². The van der Waals surface area contributed by atoms with E-state index in [4.69, 9.17) is 4.74 Å². The molecule has 0 saturated carbocycles. The van der Waals surface area contributed by atoms with Crippen LogP contribution in [0.25, 0.3) is 0 Å². The van der Waals surface area contributed by atoms with Crippen LogP contribution in [0.3, 0.4) is 0 Å². The first-order chi connectivity index (χ1) is 9.43. The van der Waals surface area contributed by atoms with E-state index in [-0.39, 0.29) is 0 Å². The summed E-state index contributed by atoms with van der Waals surface area (Å²) in [5.74, 6) is 0. The molecule has 1 aromatic rings. The fraction of sp³-hybridized carbons (Fsp3) is 0.667. The molecular weight excluding hydrogens is 232 g/mol. The monoisotopic (exact) mass is 262 g/mol. The van der Waals surface area contributed by atoms with Crippen LogP contribution in [0.2, 0.25) is 0 Å². The van der Waals surface area contributed by atoms with Crippen molar-refractivity contribution >= 4 is 0 Å². The zero-order valence-corrected chi connectivity index (χ0v) is 12.6. The summed E-state index contributed by atoms with van der Waals surface area (Å²) < 4.78 is 5.56. The summed E-state index contributed by atoms with van der Waals surface area (Å²) in [4.78, 5) is 0. The summed E-state index contributed by atoms with van der Waals surface area (Å²) in [5, 5.41) is 0. The molecule has 0 unspecified atom stereocenters. The average molecular weight is 262 g/mol. The molecule has 0 aromatic heterocycles. The maximum absolute atomic E-state index is 5.56. The van der Waals surface area contributed by atoms with Gasteiger partial charge in [0.05, 0.1) is 0 Å². The minimum atomic E-state index is 0.952. The quantitative estimate of drug-likeness (QED) is 0.459. The zero-order chi connectivity index (χ0) is 13.6. The van der Waals surface area contributed by atoms with Crippen LogP contribution in [0.4, 0.5) is 0 Å². The molecule has 108 valence electrons. The van der Waals surface area contributed by atoms with Gasteiger partial charge in [-0.05, 0) is 31.2 Å². The normalized spacial score (nSPS) is 10.8. The highest BCUT2D eigenvalue weighted by Crippen LogP contribution is 2.09. The standard InChI is InChI=1S/C18H30O/c1-2-3-16-19-17-12-7-5-4-6-9-13-18-14-10-8-11-15-18/h8,10-11,14-15H,2-7,9,12-13,16-17H2,1H3. The predicted molar refractivity (Wildman–Crippen MR) is 83.6 cm³/mol. The van der Waals surface area contributed by atoms with Crippen molar-refractivity contribution in [2.24, 2.45) is 0 Å². The summed E-state index contributed by atoms with van der Waals surface area (Å²) in [5.41, 5.74) is 1.48. The van der Waals surface area contributed by atoms with Crippen molar-refractivity contribution in [2.45, 2.75) is 64.7 Å². The molecule has 0 amide bonds. The predicted octanol–water partition coefficient (Wildman–Crippen LogP) is 5.39. The van der Waals surface area contributed by atoms with Crippen LogP contribution in [-0.4, -0.2) is 13.2 Å². The van der Waals surface area contributed by atoms with Crippen molar-refractivity contribution in [3.8, 4) is 0 Å². The van der Waals surface area contributed by atoms with Gasteiger partial charge in [0.1, 0.15) is 0 Å². The van der Waals surface area contributed by atoms with Crippen molar-refractivity contribution in [2.75, 3.05) is 13.2 Å². The summed E-state index contributed by atoms with van der Waals surface area (Å²) in [6.07, 6.45) is 11.7. The van der Waals surface area contributed by atoms with Gasteiger partial charge in [-0.3, -0.25) is 0 Å². The van der Waals surface area contributed by atoms with Gasteiger partial charge in [0.2, 0.25) is 0 Å². The first kappa shape index (κ1) is 16.2. The van der Waals surface area contributed by atoms with E-state index in [1.54, 1.807) is 0 Å². The van der Waals surface area contributed by atoms with Crippen LogP contribution >= 0.6 is 0 Å². The number of hydrogen-bond donors (Lipinski definition) is 0. The second-order valence-electron chi connectivity index (χ2n) is 5.32. The Kier molecular flexibility index (Phi) is 10.4. The first-order valence-electron chi connectivity index (χ1n) is 8.05. The third kappa shape index (κ3) is 9.72. The molecule has 1 nitrogen and oxygen atoms in total. The SMILES string of the molecule is CCCCOCCCCCCCCc1ccccc1. The maximum atomic E-state index is 5.56. The lowest BCUT2D eigenvalue weighted by Crippen LogP contribution is -1.96. The van der Waals surface area contributed by atoms with Gasteiger partial charge in [0, 0.05) is 13.2 Å². The Balaban J connectivity index is 1.79. The molecule has 0 spiro atoms. The van der Waals surface area contributed by atoms with E-state index >= 15 is 0 Å². The Morgan fingerprint density at radius 2 is 1.37 bits per heavy atom. The lowest BCUT2D eigenvalue weighted by Gasteiger charge is -2.04. The highest BCUT2D eigenvalue weighted by atomic mass is 16.5. The van der Waals surface area contributed by atoms with E-state index in [0.717, 1.165) is 13.2 Å². The van der Waals surface area contributed by atoms with Crippen LogP contribution in [-0.2, 0) is 11.2 Å². The minimum Gasteiger partial charge on any atom is -0.381 e. The van der Waals surface area contributed by atoms with Gasteiger partial charge in [-0.25, -0.2) is 0 Å². The second-order valence-corrected chi connectivity index (χ2v) is 5.32. The Morgan fingerprint density at radius 1 is 0.737 bits per heavy atom. The molecule has 0 fully saturated rings. The minimum absolute atomic E-state index is 0.952. The molecule has 0 aliphatic heterocycles. The first-order valence-corrected chi connectivity index (χ1v) is 8.05. The van der Waals surface area contributed by atoms with Crippen molar-refractivity contribution in [3.05, 3.63) is 35.9 Å². The molecule has 0 aliphatic rings. The fourth-order valence-electron chi connectivity index (χ4n) is 2.23. The number of rotatable bonds is 12. The maximum Gasteiger partial charge on any atom is 0.0466 e.